The quantitative estimate of drug-likeness (QED) is 0.263. The maximum atomic E-state index is 10.3. The highest BCUT2D eigenvalue weighted by Gasteiger charge is 2.24. The van der Waals surface area contributed by atoms with Crippen LogP contribution in [0.3, 0.4) is 0 Å². The van der Waals surface area contributed by atoms with E-state index in [4.69, 9.17) is 5.41 Å². The van der Waals surface area contributed by atoms with Gasteiger partial charge in [0.25, 0.3) is 0 Å². The zero-order chi connectivity index (χ0) is 24.9. The maximum Gasteiger partial charge on any atom is 0.225 e. The summed E-state index contributed by atoms with van der Waals surface area (Å²) in [5, 5.41) is 36.9. The van der Waals surface area contributed by atoms with E-state index in [1.54, 1.807) is 25.2 Å². The summed E-state index contributed by atoms with van der Waals surface area (Å²) in [5.41, 5.74) is 3.58. The van der Waals surface area contributed by atoms with Gasteiger partial charge in [0.05, 0.1) is 11.4 Å². The molecule has 0 aliphatic carbocycles. The van der Waals surface area contributed by atoms with Gasteiger partial charge in [-0.05, 0) is 68.5 Å². The number of hydrogen-bond donors (Lipinski definition) is 5. The fraction of sp³-hybridized carbons (Fsp3) is 0.423. The molecule has 2 aromatic heterocycles. The lowest BCUT2D eigenvalue weighted by molar-refractivity contribution is 0.458. The van der Waals surface area contributed by atoms with Crippen molar-refractivity contribution in [3.05, 3.63) is 54.0 Å². The summed E-state index contributed by atoms with van der Waals surface area (Å²) in [5.74, 6) is 1.68. The van der Waals surface area contributed by atoms with Gasteiger partial charge in [0.1, 0.15) is 11.6 Å². The number of phenolic OH excluding ortho intramolecular Hbond substituents is 1. The standard InChI is InChI=1S/C26H33N9O/c1-28-25(27)24-22(14-21(33-34-24)20-4-2-3-5-23(20)36)32-19-8-12-35(13-9-19)26-30-15-18(16-31-26)17-6-10-29-11-7-17/h2-5,14-17,19,29,36H,6-13H2,1H3,(H2,27,28)(H,32,33). The second-order valence-corrected chi connectivity index (χ2v) is 9.38. The average molecular weight is 488 g/mol. The molecule has 0 spiro atoms. The summed E-state index contributed by atoms with van der Waals surface area (Å²) in [4.78, 5) is 11.6. The Labute approximate surface area is 211 Å². The first-order chi connectivity index (χ1) is 17.6. The lowest BCUT2D eigenvalue weighted by Gasteiger charge is -2.33. The number of rotatable bonds is 6. The van der Waals surface area contributed by atoms with Crippen LogP contribution >= 0.6 is 0 Å². The summed E-state index contributed by atoms with van der Waals surface area (Å²) in [6.45, 7) is 3.80. The molecule has 2 saturated heterocycles. The number of para-hydroxylation sites is 1. The SMILES string of the molecule is CNC(=N)c1nnc(-c2ccccc2O)cc1NC1CCN(c2ncc(C3CCNCC3)cn2)CC1. The Morgan fingerprint density at radius 2 is 1.78 bits per heavy atom. The number of hydrogen-bond acceptors (Lipinski definition) is 9. The van der Waals surface area contributed by atoms with E-state index >= 15 is 0 Å². The van der Waals surface area contributed by atoms with Crippen LogP contribution in [0.5, 0.6) is 5.75 Å². The molecule has 2 aliphatic heterocycles. The smallest absolute Gasteiger partial charge is 0.225 e. The fourth-order valence-electron chi connectivity index (χ4n) is 4.93. The van der Waals surface area contributed by atoms with E-state index in [1.165, 1.54) is 5.56 Å². The Balaban J connectivity index is 1.26. The molecule has 0 amide bonds. The van der Waals surface area contributed by atoms with Gasteiger partial charge in [0.2, 0.25) is 5.95 Å². The molecular weight excluding hydrogens is 454 g/mol. The van der Waals surface area contributed by atoms with Crippen LogP contribution in [0.15, 0.2) is 42.7 Å². The van der Waals surface area contributed by atoms with Crippen molar-refractivity contribution >= 4 is 17.5 Å². The van der Waals surface area contributed by atoms with Crippen LogP contribution in [0.25, 0.3) is 11.3 Å². The molecule has 5 rings (SSSR count). The van der Waals surface area contributed by atoms with Gasteiger partial charge in [-0.15, -0.1) is 10.2 Å². The van der Waals surface area contributed by atoms with Crippen LogP contribution in [0, 0.1) is 5.41 Å². The highest BCUT2D eigenvalue weighted by Crippen LogP contribution is 2.30. The Kier molecular flexibility index (Phi) is 7.22. The molecule has 2 aliphatic rings. The second kappa shape index (κ2) is 10.9. The predicted molar refractivity (Wildman–Crippen MR) is 141 cm³/mol. The molecule has 1 aromatic carbocycles. The highest BCUT2D eigenvalue weighted by atomic mass is 16.3. The van der Waals surface area contributed by atoms with Gasteiger partial charge in [0, 0.05) is 44.1 Å². The Morgan fingerprint density at radius 1 is 1.06 bits per heavy atom. The average Bonchev–Trinajstić information content (AvgIpc) is 2.94. The van der Waals surface area contributed by atoms with Gasteiger partial charge >= 0.3 is 0 Å². The summed E-state index contributed by atoms with van der Waals surface area (Å²) >= 11 is 0. The molecular formula is C26H33N9O. The highest BCUT2D eigenvalue weighted by molar-refractivity contribution is 5.99. The molecule has 0 saturated carbocycles. The third kappa shape index (κ3) is 5.23. The van der Waals surface area contributed by atoms with Crippen LogP contribution in [-0.4, -0.2) is 70.4 Å². The van der Waals surface area contributed by atoms with Gasteiger partial charge in [-0.25, -0.2) is 9.97 Å². The fourth-order valence-corrected chi connectivity index (χ4v) is 4.93. The summed E-state index contributed by atoms with van der Waals surface area (Å²) in [7, 11) is 1.69. The zero-order valence-corrected chi connectivity index (χ0v) is 20.5. The number of aromatic nitrogens is 4. The third-order valence-corrected chi connectivity index (χ3v) is 7.07. The molecule has 10 heteroatoms. The monoisotopic (exact) mass is 487 g/mol. The van der Waals surface area contributed by atoms with Crippen molar-refractivity contribution in [2.24, 2.45) is 0 Å². The van der Waals surface area contributed by atoms with Crippen molar-refractivity contribution in [3.63, 3.8) is 0 Å². The predicted octanol–water partition coefficient (Wildman–Crippen LogP) is 2.73. The molecule has 0 unspecified atom stereocenters. The second-order valence-electron chi connectivity index (χ2n) is 9.38. The minimum Gasteiger partial charge on any atom is -0.507 e. The Bertz CT molecular complexity index is 1190. The van der Waals surface area contributed by atoms with Crippen LogP contribution in [0.1, 0.15) is 42.9 Å². The van der Waals surface area contributed by atoms with Gasteiger partial charge in [-0.3, -0.25) is 5.41 Å². The molecule has 0 radical (unpaired) electrons. The summed E-state index contributed by atoms with van der Waals surface area (Å²) < 4.78 is 0. The van der Waals surface area contributed by atoms with E-state index in [1.807, 2.05) is 24.5 Å². The van der Waals surface area contributed by atoms with E-state index in [0.717, 1.165) is 63.5 Å². The van der Waals surface area contributed by atoms with Gasteiger partial charge in [0.15, 0.2) is 5.69 Å². The van der Waals surface area contributed by atoms with Crippen LogP contribution in [-0.2, 0) is 0 Å². The number of benzene rings is 1. The first-order valence-electron chi connectivity index (χ1n) is 12.6. The van der Waals surface area contributed by atoms with Crippen molar-refractivity contribution in [3.8, 4) is 17.0 Å². The molecule has 0 atom stereocenters. The normalized spacial score (nSPS) is 17.1. The minimum absolute atomic E-state index is 0.147. The number of amidine groups is 1. The number of nitrogens with zero attached hydrogens (tertiary/aromatic N) is 5. The lowest BCUT2D eigenvalue weighted by atomic mass is 9.92. The maximum absolute atomic E-state index is 10.3. The molecule has 5 N–H and O–H groups in total. The largest absolute Gasteiger partial charge is 0.507 e. The number of phenols is 1. The molecule has 3 aromatic rings. The number of aromatic hydroxyl groups is 1. The van der Waals surface area contributed by atoms with Gasteiger partial charge < -0.3 is 26.0 Å². The zero-order valence-electron chi connectivity index (χ0n) is 20.5. The summed E-state index contributed by atoms with van der Waals surface area (Å²) in [6.07, 6.45) is 8.09. The van der Waals surface area contributed by atoms with Crippen molar-refractivity contribution in [1.82, 2.24) is 30.8 Å². The first kappa shape index (κ1) is 23.9. The topological polar surface area (TPSA) is 135 Å². The van der Waals surface area contributed by atoms with E-state index in [0.29, 0.717) is 22.9 Å². The molecule has 36 heavy (non-hydrogen) atoms. The molecule has 188 valence electrons. The van der Waals surface area contributed by atoms with Crippen molar-refractivity contribution in [2.45, 2.75) is 37.6 Å². The molecule has 4 heterocycles. The van der Waals surface area contributed by atoms with Crippen LogP contribution < -0.4 is 20.9 Å². The molecule has 10 nitrogen and oxygen atoms in total. The number of anilines is 2. The first-order valence-corrected chi connectivity index (χ1v) is 12.6. The molecule has 0 bridgehead atoms. The van der Waals surface area contributed by atoms with E-state index in [9.17, 15) is 5.11 Å². The van der Waals surface area contributed by atoms with Crippen LogP contribution in [0.2, 0.25) is 0 Å². The van der Waals surface area contributed by atoms with Crippen LogP contribution in [0.4, 0.5) is 11.6 Å². The lowest BCUT2D eigenvalue weighted by Crippen LogP contribution is -2.40. The van der Waals surface area contributed by atoms with Crippen molar-refractivity contribution < 1.29 is 5.11 Å². The minimum atomic E-state index is 0.147. The third-order valence-electron chi connectivity index (χ3n) is 7.07. The number of piperidine rings is 2. The Morgan fingerprint density at radius 3 is 2.47 bits per heavy atom. The van der Waals surface area contributed by atoms with E-state index in [2.05, 4.69) is 41.0 Å². The van der Waals surface area contributed by atoms with E-state index in [-0.39, 0.29) is 17.6 Å². The Hall–Kier alpha value is -3.79. The van der Waals surface area contributed by atoms with Gasteiger partial charge in [-0.2, -0.15) is 0 Å². The van der Waals surface area contributed by atoms with Crippen molar-refractivity contribution in [2.75, 3.05) is 43.4 Å². The van der Waals surface area contributed by atoms with Crippen molar-refractivity contribution in [1.29, 1.82) is 5.41 Å². The number of nitrogens with one attached hydrogen (secondary N) is 4. The summed E-state index contributed by atoms with van der Waals surface area (Å²) in [6, 6.07) is 9.13. The molecule has 2 fully saturated rings. The van der Waals surface area contributed by atoms with E-state index < -0.39 is 0 Å². The van der Waals surface area contributed by atoms with Gasteiger partial charge in [-0.1, -0.05) is 12.1 Å².